The highest BCUT2D eigenvalue weighted by atomic mass is 19.3. The third kappa shape index (κ3) is 5.63. The molecule has 2 atom stereocenters. The second kappa shape index (κ2) is 10.7. The summed E-state index contributed by atoms with van der Waals surface area (Å²) in [5.41, 5.74) is -0.622. The fraction of sp³-hybridized carbons (Fsp3) is 0.542. The highest BCUT2D eigenvalue weighted by Crippen LogP contribution is 2.41. The Balaban J connectivity index is 1.72. The van der Waals surface area contributed by atoms with E-state index in [4.69, 9.17) is 0 Å². The van der Waals surface area contributed by atoms with Crippen molar-refractivity contribution in [2.45, 2.75) is 76.3 Å². The molecule has 1 aromatic carbocycles. The van der Waals surface area contributed by atoms with E-state index >= 15 is 4.39 Å². The van der Waals surface area contributed by atoms with Gasteiger partial charge in [-0.2, -0.15) is 5.10 Å². The summed E-state index contributed by atoms with van der Waals surface area (Å²) in [5.74, 6) is -8.39. The number of aromatic amines is 1. The molecule has 9 nitrogen and oxygen atoms in total. The third-order valence-corrected chi connectivity index (χ3v) is 6.81. The van der Waals surface area contributed by atoms with E-state index in [0.29, 0.717) is 0 Å². The van der Waals surface area contributed by atoms with Crippen LogP contribution in [0, 0.1) is 11.7 Å². The van der Waals surface area contributed by atoms with Crippen molar-refractivity contribution < 1.29 is 36.6 Å². The number of H-pyrrole nitrogens is 1. The van der Waals surface area contributed by atoms with Crippen LogP contribution in [0.25, 0.3) is 11.0 Å². The molecule has 3 aromatic rings. The van der Waals surface area contributed by atoms with Crippen LogP contribution >= 0.6 is 0 Å². The first-order valence-electron chi connectivity index (χ1n) is 12.1. The van der Waals surface area contributed by atoms with Gasteiger partial charge in [-0.1, -0.05) is 6.07 Å². The molecule has 14 heteroatoms. The van der Waals surface area contributed by atoms with Gasteiger partial charge in [-0.3, -0.25) is 9.59 Å². The highest BCUT2D eigenvalue weighted by molar-refractivity contribution is 5.91. The normalized spacial score (nSPS) is 17.7. The van der Waals surface area contributed by atoms with E-state index in [-0.39, 0.29) is 41.6 Å². The fourth-order valence-electron chi connectivity index (χ4n) is 4.83. The van der Waals surface area contributed by atoms with Gasteiger partial charge < -0.3 is 15.4 Å². The number of aliphatic carboxylic acids is 1. The lowest BCUT2D eigenvalue weighted by Crippen LogP contribution is -2.38. The number of nitrogens with zero attached hydrogens (tertiary/aromatic N) is 4. The number of benzene rings is 1. The van der Waals surface area contributed by atoms with Crippen LogP contribution in [-0.2, 0) is 4.79 Å². The SMILES string of the molecule is CC(C)n1ncnc1C(=O)N[C@H](c1nc2c(F)c(C(CC(F)F)C(=O)O)ccc2[nH]1)C1CCC(F)(F)CC1. The molecular formula is C24H27F5N6O3. The van der Waals surface area contributed by atoms with E-state index in [0.717, 1.165) is 6.07 Å². The van der Waals surface area contributed by atoms with Crippen molar-refractivity contribution in [2.75, 3.05) is 0 Å². The zero-order valence-electron chi connectivity index (χ0n) is 20.6. The van der Waals surface area contributed by atoms with Gasteiger partial charge >= 0.3 is 5.97 Å². The summed E-state index contributed by atoms with van der Waals surface area (Å²) < 4.78 is 70.4. The number of nitrogens with one attached hydrogen (secondary N) is 2. The number of hydrogen-bond donors (Lipinski definition) is 3. The molecule has 206 valence electrons. The molecule has 1 aliphatic rings. The molecule has 0 bridgehead atoms. The zero-order valence-corrected chi connectivity index (χ0v) is 20.6. The Bertz CT molecular complexity index is 1310. The second-order valence-electron chi connectivity index (χ2n) is 9.77. The summed E-state index contributed by atoms with van der Waals surface area (Å²) in [6, 6.07) is 1.27. The first kappa shape index (κ1) is 27.5. The van der Waals surface area contributed by atoms with E-state index < -0.39 is 72.7 Å². The van der Waals surface area contributed by atoms with Gasteiger partial charge in [0.05, 0.1) is 17.5 Å². The lowest BCUT2D eigenvalue weighted by Gasteiger charge is -2.33. The van der Waals surface area contributed by atoms with Crippen molar-refractivity contribution in [3.8, 4) is 0 Å². The Morgan fingerprint density at radius 2 is 1.92 bits per heavy atom. The maximum atomic E-state index is 15.4. The van der Waals surface area contributed by atoms with Gasteiger partial charge in [0, 0.05) is 30.9 Å². The maximum Gasteiger partial charge on any atom is 0.311 e. The van der Waals surface area contributed by atoms with Gasteiger partial charge in [0.1, 0.15) is 17.7 Å². The number of fused-ring (bicyclic) bond motifs is 1. The van der Waals surface area contributed by atoms with Crippen LogP contribution in [0.1, 0.15) is 86.0 Å². The fourth-order valence-corrected chi connectivity index (χ4v) is 4.83. The molecule has 2 aromatic heterocycles. The summed E-state index contributed by atoms with van der Waals surface area (Å²) in [7, 11) is 0. The average Bonchev–Trinajstić information content (AvgIpc) is 3.50. The Labute approximate surface area is 213 Å². The standard InChI is InChI=1S/C24H27F5N6O3/c1-11(2)35-21(30-10-31-35)22(36)34-18(12-5-7-24(28,29)8-6-12)20-32-15-4-3-13(17(27)19(15)33-20)14(23(37)38)9-16(25)26/h3-4,10-12,14,16,18H,5-9H2,1-2H3,(H,32,33)(H,34,36)(H,37,38)/t14?,18-/m0/s1. The summed E-state index contributed by atoms with van der Waals surface area (Å²) in [4.78, 5) is 35.8. The summed E-state index contributed by atoms with van der Waals surface area (Å²) in [6.07, 6.45) is -3.55. The molecule has 1 unspecified atom stereocenters. The lowest BCUT2D eigenvalue weighted by molar-refractivity contribution is -0.140. The number of halogens is 5. The van der Waals surface area contributed by atoms with Crippen molar-refractivity contribution in [3.05, 3.63) is 41.5 Å². The van der Waals surface area contributed by atoms with Gasteiger partial charge in [-0.25, -0.2) is 36.6 Å². The molecule has 0 spiro atoms. The quantitative estimate of drug-likeness (QED) is 0.327. The number of aromatic nitrogens is 5. The molecule has 1 fully saturated rings. The molecule has 2 heterocycles. The van der Waals surface area contributed by atoms with E-state index in [1.165, 1.54) is 17.1 Å². The van der Waals surface area contributed by atoms with Gasteiger partial charge in [0.2, 0.25) is 18.2 Å². The first-order chi connectivity index (χ1) is 17.9. The number of rotatable bonds is 9. The second-order valence-corrected chi connectivity index (χ2v) is 9.77. The van der Waals surface area contributed by atoms with Crippen LogP contribution in [0.4, 0.5) is 22.0 Å². The van der Waals surface area contributed by atoms with E-state index in [1.54, 1.807) is 13.8 Å². The van der Waals surface area contributed by atoms with Crippen molar-refractivity contribution in [1.82, 2.24) is 30.0 Å². The number of carboxylic acid groups (broad SMARTS) is 1. The smallest absolute Gasteiger partial charge is 0.311 e. The molecule has 3 N–H and O–H groups in total. The largest absolute Gasteiger partial charge is 0.481 e. The molecule has 0 radical (unpaired) electrons. The Kier molecular flexibility index (Phi) is 7.70. The number of alkyl halides is 4. The number of carbonyl (C=O) groups is 2. The number of carbonyl (C=O) groups excluding carboxylic acids is 1. The molecule has 1 aliphatic carbocycles. The van der Waals surface area contributed by atoms with Crippen molar-refractivity contribution in [1.29, 1.82) is 0 Å². The van der Waals surface area contributed by atoms with Gasteiger partial charge in [0.15, 0.2) is 5.82 Å². The predicted octanol–water partition coefficient (Wildman–Crippen LogP) is 4.99. The minimum Gasteiger partial charge on any atom is -0.481 e. The lowest BCUT2D eigenvalue weighted by atomic mass is 9.81. The first-order valence-corrected chi connectivity index (χ1v) is 12.1. The van der Waals surface area contributed by atoms with Crippen LogP contribution in [0.2, 0.25) is 0 Å². The summed E-state index contributed by atoms with van der Waals surface area (Å²) >= 11 is 0. The van der Waals surface area contributed by atoms with E-state index in [2.05, 4.69) is 25.4 Å². The number of amides is 1. The zero-order chi connectivity index (χ0) is 27.8. The Hall–Kier alpha value is -3.58. The van der Waals surface area contributed by atoms with Crippen LogP contribution in [0.15, 0.2) is 18.5 Å². The molecule has 4 rings (SSSR count). The highest BCUT2D eigenvalue weighted by Gasteiger charge is 2.40. The van der Waals surface area contributed by atoms with Crippen molar-refractivity contribution in [2.24, 2.45) is 5.92 Å². The monoisotopic (exact) mass is 542 g/mol. The Morgan fingerprint density at radius 3 is 2.53 bits per heavy atom. The molecular weight excluding hydrogens is 515 g/mol. The van der Waals surface area contributed by atoms with Gasteiger partial charge in [-0.15, -0.1) is 0 Å². The summed E-state index contributed by atoms with van der Waals surface area (Å²) in [5, 5.41) is 16.2. The number of carboxylic acids is 1. The maximum absolute atomic E-state index is 15.4. The molecule has 1 saturated carbocycles. The minimum atomic E-state index is -2.97. The predicted molar refractivity (Wildman–Crippen MR) is 125 cm³/mol. The van der Waals surface area contributed by atoms with Crippen LogP contribution < -0.4 is 5.32 Å². The molecule has 0 saturated heterocycles. The van der Waals surface area contributed by atoms with E-state index in [1.807, 2.05) is 0 Å². The molecule has 38 heavy (non-hydrogen) atoms. The molecule has 0 aliphatic heterocycles. The molecule has 1 amide bonds. The minimum absolute atomic E-state index is 0.00739. The van der Waals surface area contributed by atoms with Crippen LogP contribution in [0.5, 0.6) is 0 Å². The van der Waals surface area contributed by atoms with Crippen molar-refractivity contribution in [3.63, 3.8) is 0 Å². The number of hydrogen-bond acceptors (Lipinski definition) is 5. The third-order valence-electron chi connectivity index (χ3n) is 6.81. The van der Waals surface area contributed by atoms with E-state index in [9.17, 15) is 32.3 Å². The van der Waals surface area contributed by atoms with Gasteiger partial charge in [-0.05, 0) is 38.7 Å². The number of imidazole rings is 1. The van der Waals surface area contributed by atoms with Gasteiger partial charge in [0.25, 0.3) is 5.91 Å². The summed E-state index contributed by atoms with van der Waals surface area (Å²) in [6.45, 7) is 3.59. The van der Waals surface area contributed by atoms with Crippen LogP contribution in [-0.4, -0.2) is 54.1 Å². The average molecular weight is 543 g/mol. The van der Waals surface area contributed by atoms with Crippen LogP contribution in [0.3, 0.4) is 0 Å². The topological polar surface area (TPSA) is 126 Å². The van der Waals surface area contributed by atoms with Crippen molar-refractivity contribution >= 4 is 22.9 Å². The Morgan fingerprint density at radius 1 is 1.24 bits per heavy atom.